The Balaban J connectivity index is 2.16. The number of hydrogen-bond donors (Lipinski definition) is 1. The van der Waals surface area contributed by atoms with E-state index >= 15 is 0 Å². The minimum atomic E-state index is -1.44. The Kier molecular flexibility index (Phi) is 6.76. The van der Waals surface area contributed by atoms with Gasteiger partial charge in [-0.1, -0.05) is 35.3 Å². The zero-order chi connectivity index (χ0) is 20.1. The number of benzene rings is 2. The third-order valence-corrected chi connectivity index (χ3v) is 4.69. The maximum Gasteiger partial charge on any atom is 0.237 e. The quantitative estimate of drug-likeness (QED) is 0.556. The summed E-state index contributed by atoms with van der Waals surface area (Å²) >= 11 is 11.8. The molecule has 0 aliphatic heterocycles. The molecule has 0 fully saturated rings. The zero-order valence-corrected chi connectivity index (χ0v) is 15.7. The van der Waals surface area contributed by atoms with Crippen LogP contribution in [0.1, 0.15) is 40.9 Å². The van der Waals surface area contributed by atoms with Crippen molar-refractivity contribution in [2.45, 2.75) is 25.8 Å². The summed E-state index contributed by atoms with van der Waals surface area (Å²) in [5.41, 5.74) is 0.879. The average Bonchev–Trinajstić information content (AvgIpc) is 2.62. The SMILES string of the molecule is CC(c1ccc(C(=O)[O-])cc1NC(=O)CCc1ccc(Cl)c(Cl)c1)[N+](=O)[O-]. The molecule has 2 aromatic carbocycles. The second-order valence-electron chi connectivity index (χ2n) is 5.85. The molecular weight excluding hydrogens is 395 g/mol. The van der Waals surface area contributed by atoms with E-state index in [4.69, 9.17) is 23.2 Å². The van der Waals surface area contributed by atoms with E-state index in [0.29, 0.717) is 16.5 Å². The number of nitrogens with zero attached hydrogens (tertiary/aromatic N) is 1. The maximum absolute atomic E-state index is 12.3. The Labute approximate surface area is 165 Å². The van der Waals surface area contributed by atoms with Gasteiger partial charge in [0.25, 0.3) is 0 Å². The van der Waals surface area contributed by atoms with Crippen molar-refractivity contribution in [3.8, 4) is 0 Å². The number of hydrogen-bond acceptors (Lipinski definition) is 5. The van der Waals surface area contributed by atoms with Crippen LogP contribution in [0.4, 0.5) is 5.69 Å². The number of rotatable bonds is 7. The van der Waals surface area contributed by atoms with Crippen molar-refractivity contribution in [3.05, 3.63) is 73.2 Å². The number of carbonyl (C=O) groups is 2. The molecule has 0 aliphatic carbocycles. The number of anilines is 1. The molecule has 2 aromatic rings. The molecule has 9 heteroatoms. The zero-order valence-electron chi connectivity index (χ0n) is 14.2. The highest BCUT2D eigenvalue weighted by Gasteiger charge is 2.21. The highest BCUT2D eigenvalue weighted by atomic mass is 35.5. The Morgan fingerprint density at radius 3 is 2.44 bits per heavy atom. The molecule has 0 saturated carbocycles. The molecule has 142 valence electrons. The van der Waals surface area contributed by atoms with Gasteiger partial charge in [-0.25, -0.2) is 0 Å². The average molecular weight is 410 g/mol. The number of carbonyl (C=O) groups excluding carboxylic acids is 2. The summed E-state index contributed by atoms with van der Waals surface area (Å²) in [5.74, 6) is -1.87. The third kappa shape index (κ3) is 5.42. The van der Waals surface area contributed by atoms with Crippen molar-refractivity contribution in [2.24, 2.45) is 0 Å². The van der Waals surface area contributed by atoms with Crippen molar-refractivity contribution in [2.75, 3.05) is 5.32 Å². The third-order valence-electron chi connectivity index (χ3n) is 3.95. The van der Waals surface area contributed by atoms with E-state index in [1.54, 1.807) is 18.2 Å². The van der Waals surface area contributed by atoms with E-state index in [-0.39, 0.29) is 23.2 Å². The number of aromatic carboxylic acids is 1. The molecule has 0 radical (unpaired) electrons. The van der Waals surface area contributed by atoms with Crippen LogP contribution in [0.15, 0.2) is 36.4 Å². The van der Waals surface area contributed by atoms with Gasteiger partial charge in [0.15, 0.2) is 0 Å². The van der Waals surface area contributed by atoms with Crippen LogP contribution >= 0.6 is 23.2 Å². The fourth-order valence-electron chi connectivity index (χ4n) is 2.44. The number of amides is 1. The van der Waals surface area contributed by atoms with Crippen LogP contribution in [0.3, 0.4) is 0 Å². The highest BCUT2D eigenvalue weighted by Crippen LogP contribution is 2.27. The second-order valence-corrected chi connectivity index (χ2v) is 6.66. The van der Waals surface area contributed by atoms with Gasteiger partial charge in [0, 0.05) is 23.8 Å². The molecule has 1 N–H and O–H groups in total. The molecule has 0 aromatic heterocycles. The summed E-state index contributed by atoms with van der Waals surface area (Å²) < 4.78 is 0. The predicted octanol–water partition coefficient (Wildman–Crippen LogP) is 3.27. The number of nitrogens with one attached hydrogen (secondary N) is 1. The molecule has 1 amide bonds. The normalized spacial score (nSPS) is 11.7. The van der Waals surface area contributed by atoms with Crippen LogP contribution in [0, 0.1) is 10.1 Å². The van der Waals surface area contributed by atoms with Gasteiger partial charge < -0.3 is 15.2 Å². The smallest absolute Gasteiger partial charge is 0.237 e. The van der Waals surface area contributed by atoms with Crippen LogP contribution in [0.2, 0.25) is 10.0 Å². The first-order chi connectivity index (χ1) is 12.7. The summed E-state index contributed by atoms with van der Waals surface area (Å²) in [6.07, 6.45) is 0.433. The summed E-state index contributed by atoms with van der Waals surface area (Å²) in [6, 6.07) is 7.54. The van der Waals surface area contributed by atoms with E-state index in [0.717, 1.165) is 11.6 Å². The lowest BCUT2D eigenvalue weighted by Crippen LogP contribution is -2.23. The van der Waals surface area contributed by atoms with Crippen LogP contribution in [-0.2, 0) is 11.2 Å². The summed E-state index contributed by atoms with van der Waals surface area (Å²) in [4.78, 5) is 33.8. The first kappa shape index (κ1) is 20.7. The van der Waals surface area contributed by atoms with Crippen molar-refractivity contribution in [1.29, 1.82) is 0 Å². The fourth-order valence-corrected chi connectivity index (χ4v) is 2.76. The topological polar surface area (TPSA) is 112 Å². The van der Waals surface area contributed by atoms with Gasteiger partial charge in [0.1, 0.15) is 0 Å². The van der Waals surface area contributed by atoms with E-state index < -0.39 is 22.8 Å². The molecule has 1 unspecified atom stereocenters. The van der Waals surface area contributed by atoms with Crippen molar-refractivity contribution in [1.82, 2.24) is 0 Å². The van der Waals surface area contributed by atoms with E-state index in [9.17, 15) is 24.8 Å². The largest absolute Gasteiger partial charge is 0.545 e. The van der Waals surface area contributed by atoms with Crippen LogP contribution < -0.4 is 10.4 Å². The Morgan fingerprint density at radius 2 is 1.85 bits per heavy atom. The number of carboxylic acid groups (broad SMARTS) is 1. The summed E-state index contributed by atoms with van der Waals surface area (Å²) in [6.45, 7) is 1.35. The molecule has 7 nitrogen and oxygen atoms in total. The van der Waals surface area contributed by atoms with Gasteiger partial charge in [0.2, 0.25) is 11.9 Å². The van der Waals surface area contributed by atoms with Crippen LogP contribution in [-0.4, -0.2) is 16.8 Å². The molecule has 0 saturated heterocycles. The molecule has 0 spiro atoms. The highest BCUT2D eigenvalue weighted by molar-refractivity contribution is 6.42. The molecule has 0 bridgehead atoms. The number of halogens is 2. The van der Waals surface area contributed by atoms with E-state index in [1.807, 2.05) is 0 Å². The van der Waals surface area contributed by atoms with Crippen LogP contribution in [0.25, 0.3) is 0 Å². The lowest BCUT2D eigenvalue weighted by atomic mass is 10.0. The minimum Gasteiger partial charge on any atom is -0.545 e. The summed E-state index contributed by atoms with van der Waals surface area (Å²) in [5, 5.41) is 25.4. The van der Waals surface area contributed by atoms with Gasteiger partial charge in [-0.05, 0) is 41.8 Å². The van der Waals surface area contributed by atoms with Gasteiger partial charge in [-0.15, -0.1) is 0 Å². The number of carboxylic acids is 1. The number of aryl methyl sites for hydroxylation is 1. The van der Waals surface area contributed by atoms with E-state index in [2.05, 4.69) is 5.32 Å². The molecular formula is C18H15Cl2N2O5-. The minimum absolute atomic E-state index is 0.0692. The predicted molar refractivity (Wildman–Crippen MR) is 99.6 cm³/mol. The fraction of sp³-hybridized carbons (Fsp3) is 0.222. The molecule has 2 rings (SSSR count). The van der Waals surface area contributed by atoms with Gasteiger partial charge in [-0.3, -0.25) is 14.9 Å². The summed E-state index contributed by atoms with van der Waals surface area (Å²) in [7, 11) is 0. The monoisotopic (exact) mass is 409 g/mol. The van der Waals surface area contributed by atoms with Crippen LogP contribution in [0.5, 0.6) is 0 Å². The first-order valence-electron chi connectivity index (χ1n) is 7.91. The number of nitro groups is 1. The van der Waals surface area contributed by atoms with Crippen molar-refractivity contribution in [3.63, 3.8) is 0 Å². The Bertz CT molecular complexity index is 901. The standard InChI is InChI=1S/C18H16Cl2N2O5/c1-10(22(26)27)13-5-4-12(18(24)25)9-16(13)21-17(23)7-3-11-2-6-14(19)15(20)8-11/h2,4-6,8-10H,3,7H2,1H3,(H,21,23)(H,24,25)/p-1. The molecule has 0 aliphatic rings. The van der Waals surface area contributed by atoms with Gasteiger partial charge >= 0.3 is 0 Å². The van der Waals surface area contributed by atoms with Crippen molar-refractivity contribution >= 4 is 40.8 Å². The lowest BCUT2D eigenvalue weighted by Gasteiger charge is -2.14. The Morgan fingerprint density at radius 1 is 1.15 bits per heavy atom. The second kappa shape index (κ2) is 8.83. The Hall–Kier alpha value is -2.64. The van der Waals surface area contributed by atoms with E-state index in [1.165, 1.54) is 19.1 Å². The van der Waals surface area contributed by atoms with Crippen molar-refractivity contribution < 1.29 is 19.6 Å². The van der Waals surface area contributed by atoms with Gasteiger partial charge in [0.05, 0.1) is 21.7 Å². The lowest BCUT2D eigenvalue weighted by molar-refractivity contribution is -0.524. The first-order valence-corrected chi connectivity index (χ1v) is 8.67. The molecule has 27 heavy (non-hydrogen) atoms. The maximum atomic E-state index is 12.3. The molecule has 0 heterocycles. The van der Waals surface area contributed by atoms with Gasteiger partial charge in [-0.2, -0.15) is 0 Å². The molecule has 1 atom stereocenters.